The van der Waals surface area contributed by atoms with E-state index in [1.807, 2.05) is 0 Å². The molecule has 0 radical (unpaired) electrons. The van der Waals surface area contributed by atoms with Crippen LogP contribution in [0.3, 0.4) is 0 Å². The molecule has 0 saturated carbocycles. The third kappa shape index (κ3) is 3.46. The number of phenols is 1. The van der Waals surface area contributed by atoms with E-state index in [0.717, 1.165) is 18.2 Å². The van der Waals surface area contributed by atoms with Gasteiger partial charge in [0.2, 0.25) is 0 Å². The molecule has 0 aromatic heterocycles. The van der Waals surface area contributed by atoms with Crippen LogP contribution in [0.2, 0.25) is 0 Å². The first-order chi connectivity index (χ1) is 9.55. The first kappa shape index (κ1) is 19.0. The van der Waals surface area contributed by atoms with Crippen LogP contribution in [-0.4, -0.2) is 31.0 Å². The van der Waals surface area contributed by atoms with Crippen molar-refractivity contribution in [3.8, 4) is 5.75 Å². The van der Waals surface area contributed by atoms with E-state index in [1.165, 1.54) is 0 Å². The molecule has 0 bridgehead atoms. The molecule has 0 aliphatic heterocycles. The van der Waals surface area contributed by atoms with E-state index in [9.17, 15) is 26.8 Å². The second-order valence-electron chi connectivity index (χ2n) is 3.99. The van der Waals surface area contributed by atoms with Gasteiger partial charge in [-0.05, 0) is 17.3 Å². The Morgan fingerprint density at radius 1 is 0.955 bits per heavy atom. The Kier molecular flexibility index (Phi) is 5.34. The fourth-order valence-electron chi connectivity index (χ4n) is 1.80. The van der Waals surface area contributed by atoms with Gasteiger partial charge in [-0.2, -0.15) is 16.8 Å². The fourth-order valence-corrected chi connectivity index (χ4v) is 2.95. The van der Waals surface area contributed by atoms with Crippen LogP contribution >= 0.6 is 0 Å². The number of hydrogen-bond donors (Lipinski definition) is 3. The first-order valence-electron chi connectivity index (χ1n) is 5.14. The largest absolute Gasteiger partial charge is 1.00 e. The Morgan fingerprint density at radius 2 is 1.55 bits per heavy atom. The van der Waals surface area contributed by atoms with Gasteiger partial charge in [-0.25, -0.2) is 0 Å². The fraction of sp³-hybridized carbons (Fsp3) is 0. The van der Waals surface area contributed by atoms with E-state index in [0.29, 0.717) is 6.07 Å². The summed E-state index contributed by atoms with van der Waals surface area (Å²) in [6.07, 6.45) is 0. The van der Waals surface area contributed by atoms with E-state index in [-0.39, 0.29) is 41.8 Å². The van der Waals surface area contributed by atoms with Gasteiger partial charge in [-0.15, -0.1) is 4.91 Å². The van der Waals surface area contributed by atoms with Gasteiger partial charge in [-0.3, -0.25) is 9.11 Å². The number of aromatic hydroxyl groups is 1. The van der Waals surface area contributed by atoms with E-state index >= 15 is 0 Å². The number of phenolic OH excluding ortho intramolecular Hbond substituents is 1. The van der Waals surface area contributed by atoms with Crippen LogP contribution in [-0.2, 0) is 20.2 Å². The molecule has 22 heavy (non-hydrogen) atoms. The van der Waals surface area contributed by atoms with Crippen molar-refractivity contribution in [2.24, 2.45) is 5.18 Å². The molecule has 0 fully saturated rings. The van der Waals surface area contributed by atoms with Gasteiger partial charge >= 0.3 is 29.6 Å². The first-order valence-corrected chi connectivity index (χ1v) is 8.02. The quantitative estimate of drug-likeness (QED) is 0.342. The van der Waals surface area contributed by atoms with Gasteiger partial charge in [0, 0.05) is 16.8 Å². The van der Waals surface area contributed by atoms with Crippen molar-refractivity contribution in [2.45, 2.75) is 9.79 Å². The Balaban J connectivity index is 0.00000242. The molecule has 3 N–H and O–H groups in total. The summed E-state index contributed by atoms with van der Waals surface area (Å²) in [6, 6.07) is 3.26. The second-order valence-corrected chi connectivity index (χ2v) is 6.80. The molecule has 0 heterocycles. The molecule has 0 saturated heterocycles. The summed E-state index contributed by atoms with van der Waals surface area (Å²) in [7, 11) is -9.38. The van der Waals surface area contributed by atoms with Crippen molar-refractivity contribution in [2.75, 3.05) is 0 Å². The number of fused-ring (bicyclic) bond motifs is 1. The molecule has 0 unspecified atom stereocenters. The number of rotatable bonds is 3. The summed E-state index contributed by atoms with van der Waals surface area (Å²) in [6.45, 7) is 0. The minimum Gasteiger partial charge on any atom is -1.00 e. The third-order valence-corrected chi connectivity index (χ3v) is 4.41. The second kappa shape index (κ2) is 6.20. The molecule has 0 spiro atoms. The van der Waals surface area contributed by atoms with E-state index < -0.39 is 41.5 Å². The van der Waals surface area contributed by atoms with Crippen molar-refractivity contribution in [1.82, 2.24) is 0 Å². The van der Waals surface area contributed by atoms with Crippen LogP contribution in [0.5, 0.6) is 5.75 Å². The maximum Gasteiger partial charge on any atom is 1.00 e. The van der Waals surface area contributed by atoms with E-state index in [1.54, 1.807) is 0 Å². The molecular formula is C10H8NNaO8S2. The summed E-state index contributed by atoms with van der Waals surface area (Å²) >= 11 is 0. The molecular weight excluding hydrogens is 349 g/mol. The number of hydrogen-bond acceptors (Lipinski definition) is 7. The maximum absolute atomic E-state index is 11.1. The van der Waals surface area contributed by atoms with Crippen LogP contribution in [0, 0.1) is 4.91 Å². The topological polar surface area (TPSA) is 158 Å². The van der Waals surface area contributed by atoms with Crippen molar-refractivity contribution >= 4 is 36.7 Å². The average molecular weight is 357 g/mol. The Hall–Kier alpha value is -1.08. The summed E-state index contributed by atoms with van der Waals surface area (Å²) < 4.78 is 62.2. The summed E-state index contributed by atoms with van der Waals surface area (Å²) in [5.41, 5.74) is -0.688. The summed E-state index contributed by atoms with van der Waals surface area (Å²) in [5, 5.41) is 11.8. The number of nitrogens with zero attached hydrogens (tertiary/aromatic N) is 1. The van der Waals surface area contributed by atoms with E-state index in [4.69, 9.17) is 9.11 Å². The molecule has 9 nitrogen and oxygen atoms in total. The average Bonchev–Trinajstić information content (AvgIpc) is 2.36. The van der Waals surface area contributed by atoms with Gasteiger partial charge in [0.25, 0.3) is 20.2 Å². The molecule has 12 heteroatoms. The Labute approximate surface area is 148 Å². The van der Waals surface area contributed by atoms with Gasteiger partial charge in [0.1, 0.15) is 16.3 Å². The molecule has 114 valence electrons. The third-order valence-electron chi connectivity index (χ3n) is 2.69. The minimum atomic E-state index is -4.82. The molecule has 2 rings (SSSR count). The Bertz CT molecular complexity index is 974. The number of nitroso groups, excluding NO2 is 1. The van der Waals surface area contributed by atoms with Crippen LogP contribution in [0.25, 0.3) is 10.8 Å². The van der Waals surface area contributed by atoms with Gasteiger partial charge in [0.15, 0.2) is 0 Å². The summed E-state index contributed by atoms with van der Waals surface area (Å²) in [4.78, 5) is 9.32. The van der Waals surface area contributed by atoms with Crippen molar-refractivity contribution in [1.29, 1.82) is 0 Å². The van der Waals surface area contributed by atoms with Crippen LogP contribution in [0.4, 0.5) is 5.69 Å². The zero-order chi connectivity index (χ0) is 16.0. The maximum atomic E-state index is 11.1. The smallest absolute Gasteiger partial charge is 1.00 e. The van der Waals surface area contributed by atoms with Crippen molar-refractivity contribution in [3.63, 3.8) is 0 Å². The predicted octanol–water partition coefficient (Wildman–Crippen LogP) is -1.45. The van der Waals surface area contributed by atoms with Crippen molar-refractivity contribution < 1.29 is 62.0 Å². The van der Waals surface area contributed by atoms with Gasteiger partial charge < -0.3 is 6.53 Å². The molecule has 2 aromatic carbocycles. The zero-order valence-electron chi connectivity index (χ0n) is 12.0. The Morgan fingerprint density at radius 3 is 2.00 bits per heavy atom. The standard InChI is InChI=1S/C10H7NO8S2.Na.H/c12-8-4-9(21(17,18)19)10(11-13)6-2-1-5(3-7(6)8)20(14,15)16;;/h1-4,12H,(H,14,15,16)(H,17,18,19);;/q;+1;-1. The molecule has 0 aliphatic rings. The molecule has 0 amide bonds. The molecule has 2 aromatic rings. The molecule has 0 atom stereocenters. The van der Waals surface area contributed by atoms with Crippen molar-refractivity contribution in [3.05, 3.63) is 29.2 Å². The van der Waals surface area contributed by atoms with Crippen LogP contribution in [0.1, 0.15) is 1.43 Å². The normalized spacial score (nSPS) is 11.9. The van der Waals surface area contributed by atoms with E-state index in [2.05, 4.69) is 5.18 Å². The monoisotopic (exact) mass is 357 g/mol. The number of benzene rings is 2. The van der Waals surface area contributed by atoms with Gasteiger partial charge in [0.05, 0.1) is 4.90 Å². The van der Waals surface area contributed by atoms with Crippen LogP contribution < -0.4 is 29.6 Å². The van der Waals surface area contributed by atoms with Gasteiger partial charge in [-0.1, -0.05) is 6.07 Å². The summed E-state index contributed by atoms with van der Waals surface area (Å²) in [5.74, 6) is -0.712. The predicted molar refractivity (Wildman–Crippen MR) is 71.8 cm³/mol. The minimum absolute atomic E-state index is 0. The SMILES string of the molecule is O=Nc1c(S(=O)(=O)O)cc(O)c2cc(S(=O)(=O)O)ccc12.[H-].[Na+]. The van der Waals surface area contributed by atoms with Crippen LogP contribution in [0.15, 0.2) is 39.2 Å². The molecule has 0 aliphatic carbocycles. The zero-order valence-corrected chi connectivity index (χ0v) is 14.6.